The lowest BCUT2D eigenvalue weighted by molar-refractivity contribution is -0.134. The van der Waals surface area contributed by atoms with Crippen molar-refractivity contribution in [2.45, 2.75) is 25.4 Å². The number of carbonyl (C=O) groups is 1. The Morgan fingerprint density at radius 1 is 0.917 bits per heavy atom. The van der Waals surface area contributed by atoms with Gasteiger partial charge in [-0.05, 0) is 52.9 Å². The average molecular weight is 486 g/mol. The Kier molecular flexibility index (Phi) is 6.91. The van der Waals surface area contributed by atoms with E-state index in [4.69, 9.17) is 19.3 Å². The first-order valence-electron chi connectivity index (χ1n) is 12.1. The second-order valence-corrected chi connectivity index (χ2v) is 9.08. The number of hydrogen-bond acceptors (Lipinski definition) is 6. The van der Waals surface area contributed by atoms with Crippen LogP contribution in [0.5, 0.6) is 17.2 Å². The molecule has 2 heterocycles. The van der Waals surface area contributed by atoms with Gasteiger partial charge in [0.1, 0.15) is 5.75 Å². The van der Waals surface area contributed by atoms with Crippen LogP contribution in [0.4, 0.5) is 0 Å². The summed E-state index contributed by atoms with van der Waals surface area (Å²) in [6.45, 7) is 1.77. The largest absolute Gasteiger partial charge is 0.497 e. The highest BCUT2D eigenvalue weighted by molar-refractivity contribution is 6.03. The van der Waals surface area contributed by atoms with E-state index in [2.05, 4.69) is 4.90 Å². The predicted molar refractivity (Wildman–Crippen MR) is 139 cm³/mol. The van der Waals surface area contributed by atoms with Crippen molar-refractivity contribution in [3.8, 4) is 17.2 Å². The molecule has 2 aliphatic heterocycles. The zero-order chi connectivity index (χ0) is 25.1. The van der Waals surface area contributed by atoms with E-state index in [-0.39, 0.29) is 11.9 Å². The Balaban J connectivity index is 1.37. The normalized spacial score (nSPS) is 17.4. The minimum atomic E-state index is -0.153. The highest BCUT2D eigenvalue weighted by atomic mass is 16.5. The van der Waals surface area contributed by atoms with Gasteiger partial charge in [0.05, 0.1) is 39.6 Å². The van der Waals surface area contributed by atoms with Crippen molar-refractivity contribution in [2.24, 2.45) is 5.10 Å². The number of ether oxygens (including phenoxy) is 3. The van der Waals surface area contributed by atoms with E-state index < -0.39 is 0 Å². The van der Waals surface area contributed by atoms with Crippen LogP contribution in [0.3, 0.4) is 0 Å². The molecule has 2 aliphatic rings. The summed E-state index contributed by atoms with van der Waals surface area (Å²) in [5.74, 6) is 2.23. The number of hydrazone groups is 1. The molecule has 0 aliphatic carbocycles. The van der Waals surface area contributed by atoms with E-state index in [0.29, 0.717) is 25.3 Å². The first-order valence-corrected chi connectivity index (χ1v) is 12.1. The molecule has 1 unspecified atom stereocenters. The second kappa shape index (κ2) is 10.4. The molecule has 0 saturated carbocycles. The topological polar surface area (TPSA) is 63.6 Å². The fourth-order valence-corrected chi connectivity index (χ4v) is 4.97. The van der Waals surface area contributed by atoms with E-state index in [1.54, 1.807) is 26.3 Å². The van der Waals surface area contributed by atoms with E-state index in [1.165, 1.54) is 5.56 Å². The van der Waals surface area contributed by atoms with Gasteiger partial charge in [-0.25, -0.2) is 5.01 Å². The van der Waals surface area contributed by atoms with Crippen molar-refractivity contribution >= 4 is 11.6 Å². The summed E-state index contributed by atoms with van der Waals surface area (Å²) in [6.07, 6.45) is 1.52. The van der Waals surface area contributed by atoms with Gasteiger partial charge in [-0.2, -0.15) is 5.10 Å². The average Bonchev–Trinajstić information content (AvgIpc) is 3.38. The van der Waals surface area contributed by atoms with Crippen LogP contribution in [-0.4, -0.2) is 55.9 Å². The summed E-state index contributed by atoms with van der Waals surface area (Å²) in [7, 11) is 4.94. The maximum atomic E-state index is 13.6. The van der Waals surface area contributed by atoms with E-state index >= 15 is 0 Å². The zero-order valence-corrected chi connectivity index (χ0v) is 20.9. The molecule has 0 saturated heterocycles. The Bertz CT molecular complexity index is 1260. The van der Waals surface area contributed by atoms with Crippen LogP contribution >= 0.6 is 0 Å². The Labute approximate surface area is 211 Å². The van der Waals surface area contributed by atoms with E-state index in [1.807, 2.05) is 66.7 Å². The van der Waals surface area contributed by atoms with Crippen molar-refractivity contribution in [3.05, 3.63) is 89.0 Å². The minimum absolute atomic E-state index is 0.00863. The first-order chi connectivity index (χ1) is 17.6. The summed E-state index contributed by atoms with van der Waals surface area (Å²) >= 11 is 0. The van der Waals surface area contributed by atoms with E-state index in [9.17, 15) is 4.79 Å². The standard InChI is InChI=1S/C29H31N3O4/c1-34-24-11-9-21(10-12-24)26-17-25(20-7-5-4-6-8-20)30-32(26)29(33)19-31-14-13-22-15-27(35-2)28(36-3)16-23(22)18-31/h4-12,15-16,26H,13-14,17-19H2,1-3H3. The van der Waals surface area contributed by atoms with Crippen LogP contribution in [0.1, 0.15) is 34.7 Å². The summed E-state index contributed by atoms with van der Waals surface area (Å²) in [5, 5.41) is 6.50. The molecule has 0 spiro atoms. The summed E-state index contributed by atoms with van der Waals surface area (Å²) in [6, 6.07) is 21.9. The molecule has 0 N–H and O–H groups in total. The van der Waals surface area contributed by atoms with Crippen LogP contribution in [0, 0.1) is 0 Å². The number of hydrogen-bond donors (Lipinski definition) is 0. The Morgan fingerprint density at radius 2 is 1.61 bits per heavy atom. The number of rotatable bonds is 7. The fraction of sp³-hybridized carbons (Fsp3) is 0.310. The summed E-state index contributed by atoms with van der Waals surface area (Å²) < 4.78 is 16.3. The van der Waals surface area contributed by atoms with Crippen molar-refractivity contribution in [3.63, 3.8) is 0 Å². The molecule has 7 heteroatoms. The van der Waals surface area contributed by atoms with Gasteiger partial charge in [0.15, 0.2) is 11.5 Å². The van der Waals surface area contributed by atoms with Gasteiger partial charge < -0.3 is 14.2 Å². The molecule has 5 rings (SSSR count). The third-order valence-electron chi connectivity index (χ3n) is 6.93. The summed E-state index contributed by atoms with van der Waals surface area (Å²) in [5.41, 5.74) is 5.40. The van der Waals surface area contributed by atoms with Crippen LogP contribution < -0.4 is 14.2 Å². The lowest BCUT2D eigenvalue weighted by Gasteiger charge is -2.31. The predicted octanol–water partition coefficient (Wildman–Crippen LogP) is 4.45. The molecule has 0 bridgehead atoms. The zero-order valence-electron chi connectivity index (χ0n) is 20.9. The number of fused-ring (bicyclic) bond motifs is 1. The van der Waals surface area contributed by atoms with Crippen LogP contribution in [-0.2, 0) is 17.8 Å². The Morgan fingerprint density at radius 3 is 2.28 bits per heavy atom. The van der Waals surface area contributed by atoms with Crippen molar-refractivity contribution in [1.82, 2.24) is 9.91 Å². The van der Waals surface area contributed by atoms with Gasteiger partial charge in [0.2, 0.25) is 0 Å². The van der Waals surface area contributed by atoms with Crippen molar-refractivity contribution < 1.29 is 19.0 Å². The van der Waals surface area contributed by atoms with Crippen LogP contribution in [0.2, 0.25) is 0 Å². The number of methoxy groups -OCH3 is 3. The van der Waals surface area contributed by atoms with Crippen molar-refractivity contribution in [2.75, 3.05) is 34.4 Å². The molecular weight excluding hydrogens is 454 g/mol. The van der Waals surface area contributed by atoms with Gasteiger partial charge in [-0.1, -0.05) is 42.5 Å². The van der Waals surface area contributed by atoms with Gasteiger partial charge in [0.25, 0.3) is 5.91 Å². The number of carbonyl (C=O) groups excluding carboxylic acids is 1. The third-order valence-corrected chi connectivity index (χ3v) is 6.93. The SMILES string of the molecule is COc1ccc(C2CC(c3ccccc3)=NN2C(=O)CN2CCc3cc(OC)c(OC)cc3C2)cc1. The highest BCUT2D eigenvalue weighted by Crippen LogP contribution is 2.35. The van der Waals surface area contributed by atoms with Crippen molar-refractivity contribution in [1.29, 1.82) is 0 Å². The third kappa shape index (κ3) is 4.79. The smallest absolute Gasteiger partial charge is 0.257 e. The molecule has 7 nitrogen and oxygen atoms in total. The first kappa shape index (κ1) is 23.9. The maximum absolute atomic E-state index is 13.6. The summed E-state index contributed by atoms with van der Waals surface area (Å²) in [4.78, 5) is 15.8. The molecule has 3 aromatic carbocycles. The van der Waals surface area contributed by atoms with E-state index in [0.717, 1.165) is 46.9 Å². The molecule has 1 atom stereocenters. The minimum Gasteiger partial charge on any atom is -0.497 e. The molecular formula is C29H31N3O4. The van der Waals surface area contributed by atoms with Crippen LogP contribution in [0.25, 0.3) is 0 Å². The number of nitrogens with zero attached hydrogens (tertiary/aromatic N) is 3. The molecule has 3 aromatic rings. The lowest BCUT2D eigenvalue weighted by atomic mass is 9.98. The van der Waals surface area contributed by atoms with Gasteiger partial charge in [-0.15, -0.1) is 0 Å². The van der Waals surface area contributed by atoms with Gasteiger partial charge in [0, 0.05) is 19.5 Å². The number of benzene rings is 3. The molecule has 186 valence electrons. The van der Waals surface area contributed by atoms with Gasteiger partial charge >= 0.3 is 0 Å². The molecule has 1 amide bonds. The number of amides is 1. The molecule has 0 fully saturated rings. The monoisotopic (exact) mass is 485 g/mol. The Hall–Kier alpha value is -3.84. The molecule has 0 radical (unpaired) electrons. The quantitative estimate of drug-likeness (QED) is 0.495. The molecule has 36 heavy (non-hydrogen) atoms. The molecule has 0 aromatic heterocycles. The fourth-order valence-electron chi connectivity index (χ4n) is 4.97. The van der Waals surface area contributed by atoms with Gasteiger partial charge in [-0.3, -0.25) is 9.69 Å². The lowest BCUT2D eigenvalue weighted by Crippen LogP contribution is -2.40. The highest BCUT2D eigenvalue weighted by Gasteiger charge is 2.34. The maximum Gasteiger partial charge on any atom is 0.257 e. The second-order valence-electron chi connectivity index (χ2n) is 9.08. The van der Waals surface area contributed by atoms with Crippen LogP contribution in [0.15, 0.2) is 71.8 Å².